The molecule has 1 aromatic carbocycles. The topological polar surface area (TPSA) is 68.2 Å². The molecule has 172 valence electrons. The van der Waals surface area contributed by atoms with Crippen molar-refractivity contribution in [3.8, 4) is 0 Å². The van der Waals surface area contributed by atoms with Gasteiger partial charge in [0.1, 0.15) is 6.54 Å². The van der Waals surface area contributed by atoms with Crippen molar-refractivity contribution in [3.63, 3.8) is 0 Å². The van der Waals surface area contributed by atoms with E-state index in [1.54, 1.807) is 19.0 Å². The lowest BCUT2D eigenvalue weighted by atomic mass is 9.98. The van der Waals surface area contributed by atoms with Crippen LogP contribution in [-0.2, 0) is 9.59 Å². The van der Waals surface area contributed by atoms with Gasteiger partial charge in [-0.05, 0) is 30.9 Å². The predicted octanol–water partition coefficient (Wildman–Crippen LogP) is 3.05. The number of hydrogen-bond donors (Lipinski definition) is 1. The van der Waals surface area contributed by atoms with Crippen LogP contribution in [0.2, 0.25) is 0 Å². The predicted molar refractivity (Wildman–Crippen MR) is 136 cm³/mol. The molecule has 2 amide bonds. The van der Waals surface area contributed by atoms with Crippen LogP contribution in [0.3, 0.4) is 0 Å². The van der Waals surface area contributed by atoms with Gasteiger partial charge in [0.15, 0.2) is 5.96 Å². The van der Waals surface area contributed by atoms with Gasteiger partial charge in [-0.15, -0.1) is 24.0 Å². The maximum atomic E-state index is 12.1. The first kappa shape index (κ1) is 25.4. The van der Waals surface area contributed by atoms with Gasteiger partial charge in [-0.3, -0.25) is 9.59 Å². The van der Waals surface area contributed by atoms with Gasteiger partial charge in [-0.25, -0.2) is 4.99 Å². The zero-order chi connectivity index (χ0) is 21.5. The Morgan fingerprint density at radius 1 is 1.29 bits per heavy atom. The number of para-hydroxylation sites is 1. The highest BCUT2D eigenvalue weighted by molar-refractivity contribution is 14.0. The number of likely N-dealkylation sites (N-methyl/N-ethyl adjacent to an activating group) is 1. The minimum atomic E-state index is -0.0126. The highest BCUT2D eigenvalue weighted by Gasteiger charge is 2.32. The van der Waals surface area contributed by atoms with Crippen molar-refractivity contribution in [2.75, 3.05) is 51.7 Å². The molecular weight excluding hydrogens is 505 g/mol. The van der Waals surface area contributed by atoms with Crippen molar-refractivity contribution in [2.24, 2.45) is 4.99 Å². The Hall–Kier alpha value is -1.84. The Bertz CT molecular complexity index is 783. The number of benzene rings is 1. The molecule has 2 aliphatic heterocycles. The molecule has 1 fully saturated rings. The molecule has 0 aliphatic carbocycles. The Balaban J connectivity index is 0.00000341. The smallest absolute Gasteiger partial charge is 0.243 e. The number of amides is 2. The number of unbranched alkanes of at least 4 members (excludes halogenated alkanes) is 1. The van der Waals surface area contributed by atoms with Gasteiger partial charge >= 0.3 is 0 Å². The third-order valence-electron chi connectivity index (χ3n) is 5.92. The van der Waals surface area contributed by atoms with Gasteiger partial charge in [0.05, 0.1) is 0 Å². The number of carbonyl (C=O) groups is 2. The molecule has 1 saturated heterocycles. The number of hydrogen-bond acceptors (Lipinski definition) is 3. The highest BCUT2D eigenvalue weighted by Crippen LogP contribution is 2.38. The summed E-state index contributed by atoms with van der Waals surface area (Å²) >= 11 is 0. The number of carbonyl (C=O) groups excluding carboxylic acids is 2. The monoisotopic (exact) mass is 541 g/mol. The highest BCUT2D eigenvalue weighted by atomic mass is 127. The second-order valence-corrected chi connectivity index (χ2v) is 8.35. The van der Waals surface area contributed by atoms with E-state index in [0.29, 0.717) is 12.3 Å². The van der Waals surface area contributed by atoms with E-state index in [2.05, 4.69) is 40.3 Å². The van der Waals surface area contributed by atoms with Crippen LogP contribution in [0.5, 0.6) is 0 Å². The molecule has 7 nitrogen and oxygen atoms in total. The SMILES string of the molecule is CCCCNC(=NCC(=O)N(C)C)N1CC(CCN2CCCC2=O)c2ccccc21.I. The molecule has 0 spiro atoms. The molecule has 31 heavy (non-hydrogen) atoms. The van der Waals surface area contributed by atoms with Crippen LogP contribution in [0.15, 0.2) is 29.3 Å². The summed E-state index contributed by atoms with van der Waals surface area (Å²) in [5, 5.41) is 3.46. The fourth-order valence-corrected chi connectivity index (χ4v) is 4.09. The molecule has 0 bridgehead atoms. The summed E-state index contributed by atoms with van der Waals surface area (Å²) in [7, 11) is 3.51. The second kappa shape index (κ2) is 12.3. The van der Waals surface area contributed by atoms with Crippen LogP contribution < -0.4 is 10.2 Å². The Labute approximate surface area is 203 Å². The third kappa shape index (κ3) is 6.57. The number of guanidine groups is 1. The van der Waals surface area contributed by atoms with E-state index in [1.165, 1.54) is 5.56 Å². The first-order valence-electron chi connectivity index (χ1n) is 11.1. The quantitative estimate of drug-likeness (QED) is 0.238. The Morgan fingerprint density at radius 2 is 2.06 bits per heavy atom. The van der Waals surface area contributed by atoms with E-state index < -0.39 is 0 Å². The van der Waals surface area contributed by atoms with Gasteiger partial charge in [-0.1, -0.05) is 31.5 Å². The van der Waals surface area contributed by atoms with Gasteiger partial charge in [-0.2, -0.15) is 0 Å². The van der Waals surface area contributed by atoms with Gasteiger partial charge in [0, 0.05) is 58.3 Å². The van der Waals surface area contributed by atoms with Gasteiger partial charge in [0.25, 0.3) is 0 Å². The van der Waals surface area contributed by atoms with Crippen molar-refractivity contribution in [1.29, 1.82) is 0 Å². The molecule has 1 unspecified atom stereocenters. The average Bonchev–Trinajstić information content (AvgIpc) is 3.32. The van der Waals surface area contributed by atoms with Crippen molar-refractivity contribution < 1.29 is 9.59 Å². The molecule has 0 aromatic heterocycles. The number of nitrogens with one attached hydrogen (secondary N) is 1. The van der Waals surface area contributed by atoms with E-state index in [4.69, 9.17) is 0 Å². The van der Waals surface area contributed by atoms with Gasteiger partial charge < -0.3 is 20.0 Å². The van der Waals surface area contributed by atoms with Crippen LogP contribution in [0.1, 0.15) is 50.5 Å². The van der Waals surface area contributed by atoms with Crippen molar-refractivity contribution >= 4 is 47.4 Å². The van der Waals surface area contributed by atoms with Crippen LogP contribution in [-0.4, -0.2) is 74.4 Å². The third-order valence-corrected chi connectivity index (χ3v) is 5.92. The first-order chi connectivity index (χ1) is 14.5. The van der Waals surface area contributed by atoms with Crippen LogP contribution in [0, 0.1) is 0 Å². The van der Waals surface area contributed by atoms with E-state index in [0.717, 1.165) is 63.5 Å². The normalized spacial score (nSPS) is 18.1. The molecule has 1 aromatic rings. The number of nitrogens with zero attached hydrogens (tertiary/aromatic N) is 4. The molecule has 1 N–H and O–H groups in total. The molecule has 0 radical (unpaired) electrons. The van der Waals surface area contributed by atoms with E-state index >= 15 is 0 Å². The fraction of sp³-hybridized carbons (Fsp3) is 0.609. The lowest BCUT2D eigenvalue weighted by molar-refractivity contribution is -0.128. The lowest BCUT2D eigenvalue weighted by Crippen LogP contribution is -2.42. The summed E-state index contributed by atoms with van der Waals surface area (Å²) in [6, 6.07) is 8.43. The fourth-order valence-electron chi connectivity index (χ4n) is 4.09. The number of anilines is 1. The van der Waals surface area contributed by atoms with E-state index in [9.17, 15) is 9.59 Å². The molecule has 1 atom stereocenters. The van der Waals surface area contributed by atoms with E-state index in [1.807, 2.05) is 11.0 Å². The largest absolute Gasteiger partial charge is 0.356 e. The minimum absolute atomic E-state index is 0. The molecule has 3 rings (SSSR count). The zero-order valence-electron chi connectivity index (χ0n) is 19.0. The number of halogens is 1. The zero-order valence-corrected chi connectivity index (χ0v) is 21.3. The Kier molecular flexibility index (Phi) is 10.1. The van der Waals surface area contributed by atoms with Crippen LogP contribution in [0.25, 0.3) is 0 Å². The first-order valence-corrected chi connectivity index (χ1v) is 11.1. The minimum Gasteiger partial charge on any atom is -0.356 e. The Morgan fingerprint density at radius 3 is 2.74 bits per heavy atom. The van der Waals surface area contributed by atoms with Crippen molar-refractivity contribution in [3.05, 3.63) is 29.8 Å². The molecular formula is C23H36IN5O2. The number of aliphatic imine (C=N–C) groups is 1. The maximum Gasteiger partial charge on any atom is 0.243 e. The molecule has 0 saturated carbocycles. The van der Waals surface area contributed by atoms with Crippen molar-refractivity contribution in [2.45, 2.75) is 44.9 Å². The summed E-state index contributed by atoms with van der Waals surface area (Å²) in [6.07, 6.45) is 4.75. The summed E-state index contributed by atoms with van der Waals surface area (Å²) in [5.74, 6) is 1.38. The second-order valence-electron chi connectivity index (χ2n) is 8.35. The van der Waals surface area contributed by atoms with Gasteiger partial charge in [0.2, 0.25) is 11.8 Å². The molecule has 2 aliphatic rings. The number of rotatable bonds is 8. The standard InChI is InChI=1S/C23H35N5O2.HI/c1-4-5-13-24-23(25-16-22(30)26(2)3)28-17-18(19-9-6-7-10-20(19)28)12-15-27-14-8-11-21(27)29;/h6-7,9-10,18H,4-5,8,11-17H2,1-3H3,(H,24,25);1H. The number of fused-ring (bicyclic) bond motifs is 1. The summed E-state index contributed by atoms with van der Waals surface area (Å²) < 4.78 is 0. The van der Waals surface area contributed by atoms with Crippen LogP contribution >= 0.6 is 24.0 Å². The molecule has 8 heteroatoms. The maximum absolute atomic E-state index is 12.1. The van der Waals surface area contributed by atoms with E-state index in [-0.39, 0.29) is 42.3 Å². The average molecular weight is 541 g/mol. The van der Waals surface area contributed by atoms with Crippen molar-refractivity contribution in [1.82, 2.24) is 15.1 Å². The van der Waals surface area contributed by atoms with Crippen LogP contribution in [0.4, 0.5) is 5.69 Å². The summed E-state index contributed by atoms with van der Waals surface area (Å²) in [5.41, 5.74) is 2.45. The number of likely N-dealkylation sites (tertiary alicyclic amines) is 1. The molecule has 2 heterocycles. The lowest BCUT2D eigenvalue weighted by Gasteiger charge is -2.24. The summed E-state index contributed by atoms with van der Waals surface area (Å²) in [6.45, 7) is 5.63. The summed E-state index contributed by atoms with van der Waals surface area (Å²) in [4.78, 5) is 34.6.